The Labute approximate surface area is 122 Å². The number of hydrogen-bond donors (Lipinski definition) is 1. The van der Waals surface area contributed by atoms with Gasteiger partial charge in [0.15, 0.2) is 0 Å². The predicted octanol–water partition coefficient (Wildman–Crippen LogP) is 4.78. The third kappa shape index (κ3) is 3.56. The van der Waals surface area contributed by atoms with E-state index in [0.29, 0.717) is 22.7 Å². The van der Waals surface area contributed by atoms with Gasteiger partial charge in [-0.25, -0.2) is 8.78 Å². The van der Waals surface area contributed by atoms with Crippen molar-refractivity contribution in [3.8, 4) is 11.1 Å². The molecule has 2 aromatic carbocycles. The van der Waals surface area contributed by atoms with Crippen LogP contribution in [-0.4, -0.2) is 6.54 Å². The maximum Gasteiger partial charge on any atom is 0.123 e. The molecule has 0 amide bonds. The summed E-state index contributed by atoms with van der Waals surface area (Å²) >= 11 is 6.11. The smallest absolute Gasteiger partial charge is 0.123 e. The van der Waals surface area contributed by atoms with Gasteiger partial charge in [-0.3, -0.25) is 0 Å². The molecule has 0 spiro atoms. The van der Waals surface area contributed by atoms with Crippen LogP contribution in [0.3, 0.4) is 0 Å². The van der Waals surface area contributed by atoms with E-state index < -0.39 is 0 Å². The highest BCUT2D eigenvalue weighted by Gasteiger charge is 2.11. The van der Waals surface area contributed by atoms with Gasteiger partial charge in [0.25, 0.3) is 0 Å². The summed E-state index contributed by atoms with van der Waals surface area (Å²) in [4.78, 5) is 0. The summed E-state index contributed by atoms with van der Waals surface area (Å²) in [6.45, 7) is 3.53. The van der Waals surface area contributed by atoms with E-state index in [0.717, 1.165) is 18.5 Å². The molecule has 0 aliphatic heterocycles. The van der Waals surface area contributed by atoms with E-state index in [4.69, 9.17) is 11.6 Å². The molecule has 0 aromatic heterocycles. The van der Waals surface area contributed by atoms with Gasteiger partial charge in [0.1, 0.15) is 11.6 Å². The first kappa shape index (κ1) is 14.9. The van der Waals surface area contributed by atoms with Gasteiger partial charge in [-0.15, -0.1) is 0 Å². The van der Waals surface area contributed by atoms with Gasteiger partial charge < -0.3 is 5.32 Å². The van der Waals surface area contributed by atoms with Gasteiger partial charge in [-0.1, -0.05) is 24.6 Å². The second kappa shape index (κ2) is 6.82. The highest BCUT2D eigenvalue weighted by Crippen LogP contribution is 2.31. The van der Waals surface area contributed by atoms with Crippen LogP contribution < -0.4 is 5.32 Å². The molecule has 2 rings (SSSR count). The largest absolute Gasteiger partial charge is 0.313 e. The maximum atomic E-state index is 13.5. The van der Waals surface area contributed by atoms with Crippen LogP contribution in [0.1, 0.15) is 18.9 Å². The average molecular weight is 296 g/mol. The zero-order valence-corrected chi connectivity index (χ0v) is 12.0. The molecule has 0 saturated carbocycles. The molecule has 1 nitrogen and oxygen atoms in total. The van der Waals surface area contributed by atoms with Crippen LogP contribution in [0, 0.1) is 11.6 Å². The summed E-state index contributed by atoms with van der Waals surface area (Å²) in [5, 5.41) is 3.67. The van der Waals surface area contributed by atoms with Gasteiger partial charge in [-0.2, -0.15) is 0 Å². The Kier molecular flexibility index (Phi) is 5.10. The molecule has 2 aromatic rings. The van der Waals surface area contributed by atoms with E-state index in [1.54, 1.807) is 6.07 Å². The first-order chi connectivity index (χ1) is 9.61. The SMILES string of the molecule is CCCNCc1ccc(F)cc1-c1cc(F)ccc1Cl. The number of rotatable bonds is 5. The Morgan fingerprint density at radius 2 is 1.65 bits per heavy atom. The number of benzene rings is 2. The van der Waals surface area contributed by atoms with Crippen molar-refractivity contribution in [2.24, 2.45) is 0 Å². The van der Waals surface area contributed by atoms with Crippen LogP contribution in [0.15, 0.2) is 36.4 Å². The zero-order chi connectivity index (χ0) is 14.5. The summed E-state index contributed by atoms with van der Waals surface area (Å²) in [7, 11) is 0. The van der Waals surface area contributed by atoms with Gasteiger partial charge in [-0.05, 0) is 54.4 Å². The van der Waals surface area contributed by atoms with Crippen LogP contribution in [0.2, 0.25) is 5.02 Å². The Morgan fingerprint density at radius 1 is 1.00 bits per heavy atom. The van der Waals surface area contributed by atoms with E-state index in [2.05, 4.69) is 12.2 Å². The van der Waals surface area contributed by atoms with Gasteiger partial charge >= 0.3 is 0 Å². The highest BCUT2D eigenvalue weighted by atomic mass is 35.5. The molecule has 0 radical (unpaired) electrons. The van der Waals surface area contributed by atoms with Gasteiger partial charge in [0.05, 0.1) is 0 Å². The fraction of sp³-hybridized carbons (Fsp3) is 0.250. The van der Waals surface area contributed by atoms with Gasteiger partial charge in [0.2, 0.25) is 0 Å². The van der Waals surface area contributed by atoms with E-state index in [-0.39, 0.29) is 11.6 Å². The lowest BCUT2D eigenvalue weighted by molar-refractivity contribution is 0.623. The Bertz CT molecular complexity index is 599. The van der Waals surface area contributed by atoms with Gasteiger partial charge in [0, 0.05) is 17.1 Å². The Morgan fingerprint density at radius 3 is 2.35 bits per heavy atom. The second-order valence-corrected chi connectivity index (χ2v) is 5.01. The predicted molar refractivity (Wildman–Crippen MR) is 78.8 cm³/mol. The lowest BCUT2D eigenvalue weighted by Gasteiger charge is -2.12. The van der Waals surface area contributed by atoms with E-state index in [1.165, 1.54) is 30.3 Å². The third-order valence-corrected chi connectivity index (χ3v) is 3.36. The van der Waals surface area contributed by atoms with Crippen LogP contribution in [0.5, 0.6) is 0 Å². The Balaban J connectivity index is 2.42. The molecule has 0 heterocycles. The maximum absolute atomic E-state index is 13.5. The molecule has 0 unspecified atom stereocenters. The molecule has 1 N–H and O–H groups in total. The summed E-state index contributed by atoms with van der Waals surface area (Å²) in [6, 6.07) is 8.61. The first-order valence-electron chi connectivity index (χ1n) is 6.56. The van der Waals surface area contributed by atoms with Crippen LogP contribution in [-0.2, 0) is 6.54 Å². The van der Waals surface area contributed by atoms with Crippen molar-refractivity contribution < 1.29 is 8.78 Å². The monoisotopic (exact) mass is 295 g/mol. The lowest BCUT2D eigenvalue weighted by atomic mass is 9.99. The molecular formula is C16H16ClF2N. The fourth-order valence-electron chi connectivity index (χ4n) is 2.06. The molecule has 0 saturated heterocycles. The van der Waals surface area contributed by atoms with Crippen molar-refractivity contribution in [3.63, 3.8) is 0 Å². The molecule has 0 aliphatic carbocycles. The van der Waals surface area contributed by atoms with Crippen LogP contribution in [0.25, 0.3) is 11.1 Å². The van der Waals surface area contributed by atoms with Crippen molar-refractivity contribution in [2.75, 3.05) is 6.54 Å². The Hall–Kier alpha value is -1.45. The number of halogens is 3. The van der Waals surface area contributed by atoms with Crippen molar-refractivity contribution in [3.05, 3.63) is 58.6 Å². The second-order valence-electron chi connectivity index (χ2n) is 4.60. The van der Waals surface area contributed by atoms with E-state index in [9.17, 15) is 8.78 Å². The van der Waals surface area contributed by atoms with Crippen molar-refractivity contribution >= 4 is 11.6 Å². The minimum Gasteiger partial charge on any atom is -0.313 e. The summed E-state index contributed by atoms with van der Waals surface area (Å²) in [6.07, 6.45) is 1.01. The van der Waals surface area contributed by atoms with Crippen molar-refractivity contribution in [1.82, 2.24) is 5.32 Å². The molecule has 0 fully saturated rings. The number of hydrogen-bond acceptors (Lipinski definition) is 1. The molecular weight excluding hydrogens is 280 g/mol. The standard InChI is InChI=1S/C16H16ClF2N/c1-2-7-20-10-11-3-4-12(18)8-14(11)15-9-13(19)5-6-16(15)17/h3-6,8-9,20H,2,7,10H2,1H3. The third-order valence-electron chi connectivity index (χ3n) is 3.03. The minimum atomic E-state index is -0.388. The van der Waals surface area contributed by atoms with E-state index in [1.807, 2.05) is 0 Å². The van der Waals surface area contributed by atoms with Crippen LogP contribution in [0.4, 0.5) is 8.78 Å². The molecule has 0 bridgehead atoms. The summed E-state index contributed by atoms with van der Waals surface area (Å²) in [5.41, 5.74) is 2.03. The summed E-state index contributed by atoms with van der Waals surface area (Å²) < 4.78 is 26.9. The average Bonchev–Trinajstić information content (AvgIpc) is 2.43. The van der Waals surface area contributed by atoms with Crippen LogP contribution >= 0.6 is 11.6 Å². The normalized spacial score (nSPS) is 10.8. The van der Waals surface area contributed by atoms with Crippen molar-refractivity contribution in [2.45, 2.75) is 19.9 Å². The molecule has 4 heteroatoms. The molecule has 0 aliphatic rings. The fourth-order valence-corrected chi connectivity index (χ4v) is 2.28. The highest BCUT2D eigenvalue weighted by molar-refractivity contribution is 6.33. The molecule has 106 valence electrons. The number of nitrogens with one attached hydrogen (secondary N) is 1. The summed E-state index contributed by atoms with van der Waals surface area (Å²) in [5.74, 6) is -0.749. The lowest BCUT2D eigenvalue weighted by Crippen LogP contribution is -2.14. The zero-order valence-electron chi connectivity index (χ0n) is 11.2. The molecule has 0 atom stereocenters. The molecule has 20 heavy (non-hydrogen) atoms. The van der Waals surface area contributed by atoms with E-state index >= 15 is 0 Å². The topological polar surface area (TPSA) is 12.0 Å². The first-order valence-corrected chi connectivity index (χ1v) is 6.94. The quantitative estimate of drug-likeness (QED) is 0.782. The minimum absolute atomic E-state index is 0.362. The van der Waals surface area contributed by atoms with Crippen molar-refractivity contribution in [1.29, 1.82) is 0 Å².